The van der Waals surface area contributed by atoms with E-state index >= 15 is 0 Å². The van der Waals surface area contributed by atoms with Crippen LogP contribution in [-0.4, -0.2) is 30.1 Å². The second-order valence-corrected chi connectivity index (χ2v) is 5.10. The molecule has 0 aromatic heterocycles. The number of nitrogens with one attached hydrogen (secondary N) is 1. The minimum Gasteiger partial charge on any atom is -0.395 e. The van der Waals surface area contributed by atoms with Crippen LogP contribution in [0.3, 0.4) is 0 Å². The molecule has 4 heteroatoms. The van der Waals surface area contributed by atoms with E-state index in [4.69, 9.17) is 5.11 Å². The number of rotatable bonds is 8. The fourth-order valence-electron chi connectivity index (χ4n) is 1.48. The molecule has 0 fully saturated rings. The monoisotopic (exact) mass is 257 g/mol. The molecule has 0 spiro atoms. The van der Waals surface area contributed by atoms with E-state index in [1.54, 1.807) is 17.8 Å². The van der Waals surface area contributed by atoms with E-state index in [0.717, 1.165) is 30.0 Å². The van der Waals surface area contributed by atoms with Crippen molar-refractivity contribution in [1.29, 1.82) is 0 Å². The third-order valence-corrected chi connectivity index (χ3v) is 3.46. The molecule has 0 heterocycles. The van der Waals surface area contributed by atoms with Gasteiger partial charge < -0.3 is 10.4 Å². The van der Waals surface area contributed by atoms with Crippen LogP contribution in [0.15, 0.2) is 29.2 Å². The molecule has 0 saturated carbocycles. The van der Waals surface area contributed by atoms with Gasteiger partial charge in [0.05, 0.1) is 6.61 Å². The van der Waals surface area contributed by atoms with Gasteiger partial charge >= 0.3 is 0 Å². The summed E-state index contributed by atoms with van der Waals surface area (Å²) in [5, 5.41) is 12.4. The second-order valence-electron chi connectivity index (χ2n) is 3.93. The van der Waals surface area contributed by atoms with E-state index in [1.165, 1.54) is 12.1 Å². The maximum Gasteiger partial charge on any atom is 0.124 e. The van der Waals surface area contributed by atoms with Crippen molar-refractivity contribution in [1.82, 2.24) is 5.32 Å². The van der Waals surface area contributed by atoms with Gasteiger partial charge in [-0.1, -0.05) is 13.0 Å². The molecule has 96 valence electrons. The highest BCUT2D eigenvalue weighted by molar-refractivity contribution is 7.99. The zero-order chi connectivity index (χ0) is 12.5. The molecule has 2 nitrogen and oxygen atoms in total. The van der Waals surface area contributed by atoms with Gasteiger partial charge in [0.2, 0.25) is 0 Å². The van der Waals surface area contributed by atoms with Gasteiger partial charge in [-0.2, -0.15) is 0 Å². The molecule has 2 N–H and O–H groups in total. The van der Waals surface area contributed by atoms with Gasteiger partial charge in [-0.05, 0) is 43.3 Å². The van der Waals surface area contributed by atoms with E-state index in [2.05, 4.69) is 12.2 Å². The number of aliphatic hydroxyl groups is 1. The van der Waals surface area contributed by atoms with E-state index in [-0.39, 0.29) is 18.5 Å². The van der Waals surface area contributed by atoms with Gasteiger partial charge in [0.15, 0.2) is 0 Å². The number of hydrogen-bond donors (Lipinski definition) is 2. The first-order chi connectivity index (χ1) is 8.26. The van der Waals surface area contributed by atoms with Crippen LogP contribution in [0, 0.1) is 5.82 Å². The van der Waals surface area contributed by atoms with Crippen molar-refractivity contribution in [3.63, 3.8) is 0 Å². The average Bonchev–Trinajstić information content (AvgIpc) is 2.33. The Morgan fingerprint density at radius 1 is 1.47 bits per heavy atom. The summed E-state index contributed by atoms with van der Waals surface area (Å²) >= 11 is 1.62. The number of halogens is 1. The Kier molecular flexibility index (Phi) is 7.24. The zero-order valence-electron chi connectivity index (χ0n) is 10.2. The Morgan fingerprint density at radius 3 is 2.94 bits per heavy atom. The average molecular weight is 257 g/mol. The predicted octanol–water partition coefficient (Wildman–Crippen LogP) is 2.67. The maximum absolute atomic E-state index is 12.9. The molecule has 0 amide bonds. The second kappa shape index (κ2) is 8.50. The van der Waals surface area contributed by atoms with E-state index in [9.17, 15) is 4.39 Å². The van der Waals surface area contributed by atoms with Crippen molar-refractivity contribution >= 4 is 11.8 Å². The molecule has 1 aromatic carbocycles. The quantitative estimate of drug-likeness (QED) is 0.702. The standard InChI is InChI=1S/C13H20FNOS/c1-2-7-15-12(10-16)6-8-17-13-5-3-4-11(14)9-13/h3-5,9,12,15-16H,2,6-8,10H2,1H3. The molecule has 1 aromatic rings. The van der Waals surface area contributed by atoms with Crippen molar-refractivity contribution in [3.05, 3.63) is 30.1 Å². The van der Waals surface area contributed by atoms with Crippen LogP contribution in [0.5, 0.6) is 0 Å². The summed E-state index contributed by atoms with van der Waals surface area (Å²) in [6.45, 7) is 3.18. The fraction of sp³-hybridized carbons (Fsp3) is 0.538. The van der Waals surface area contributed by atoms with Crippen LogP contribution in [0.4, 0.5) is 4.39 Å². The molecular formula is C13H20FNOS. The first-order valence-electron chi connectivity index (χ1n) is 5.99. The molecule has 1 rings (SSSR count). The molecule has 0 saturated heterocycles. The van der Waals surface area contributed by atoms with Crippen molar-refractivity contribution in [2.75, 3.05) is 18.9 Å². The topological polar surface area (TPSA) is 32.3 Å². The Bertz CT molecular complexity index is 322. The van der Waals surface area contributed by atoms with Crippen LogP contribution in [0.25, 0.3) is 0 Å². The molecule has 0 aliphatic rings. The fourth-order valence-corrected chi connectivity index (χ4v) is 2.49. The number of thioether (sulfide) groups is 1. The SMILES string of the molecule is CCCNC(CO)CCSc1cccc(F)c1. The van der Waals surface area contributed by atoms with Gasteiger partial charge in [0, 0.05) is 10.9 Å². The Hall–Kier alpha value is -0.580. The normalized spacial score (nSPS) is 12.6. The predicted molar refractivity (Wildman–Crippen MR) is 70.9 cm³/mol. The van der Waals surface area contributed by atoms with Gasteiger partial charge in [-0.3, -0.25) is 0 Å². The van der Waals surface area contributed by atoms with Crippen LogP contribution >= 0.6 is 11.8 Å². The van der Waals surface area contributed by atoms with E-state index < -0.39 is 0 Å². The van der Waals surface area contributed by atoms with Crippen molar-refractivity contribution in [2.24, 2.45) is 0 Å². The lowest BCUT2D eigenvalue weighted by molar-refractivity contribution is 0.240. The summed E-state index contributed by atoms with van der Waals surface area (Å²) in [5.74, 6) is 0.684. The molecule has 0 aliphatic heterocycles. The first-order valence-corrected chi connectivity index (χ1v) is 6.97. The molecule has 0 radical (unpaired) electrons. The smallest absolute Gasteiger partial charge is 0.124 e. The van der Waals surface area contributed by atoms with Gasteiger partial charge in [0.25, 0.3) is 0 Å². The van der Waals surface area contributed by atoms with Gasteiger partial charge in [-0.25, -0.2) is 4.39 Å². The van der Waals surface area contributed by atoms with Crippen molar-refractivity contribution < 1.29 is 9.50 Å². The van der Waals surface area contributed by atoms with Crippen molar-refractivity contribution in [2.45, 2.75) is 30.7 Å². The number of hydrogen-bond acceptors (Lipinski definition) is 3. The van der Waals surface area contributed by atoms with Crippen molar-refractivity contribution in [3.8, 4) is 0 Å². The molecule has 17 heavy (non-hydrogen) atoms. The Morgan fingerprint density at radius 2 is 2.29 bits per heavy atom. The summed E-state index contributed by atoms with van der Waals surface area (Å²) in [4.78, 5) is 0.942. The third-order valence-electron chi connectivity index (χ3n) is 2.43. The van der Waals surface area contributed by atoms with Crippen LogP contribution in [-0.2, 0) is 0 Å². The molecule has 1 unspecified atom stereocenters. The Labute approximate surface area is 107 Å². The molecular weight excluding hydrogens is 237 g/mol. The molecule has 0 bridgehead atoms. The van der Waals surface area contributed by atoms with E-state index in [1.807, 2.05) is 6.07 Å². The van der Waals surface area contributed by atoms with Gasteiger partial charge in [-0.15, -0.1) is 11.8 Å². The highest BCUT2D eigenvalue weighted by Crippen LogP contribution is 2.19. The summed E-state index contributed by atoms with van der Waals surface area (Å²) in [6, 6.07) is 6.76. The summed E-state index contributed by atoms with van der Waals surface area (Å²) in [7, 11) is 0. The lowest BCUT2D eigenvalue weighted by atomic mass is 10.2. The molecule has 1 atom stereocenters. The summed E-state index contributed by atoms with van der Waals surface area (Å²) in [5.41, 5.74) is 0. The lowest BCUT2D eigenvalue weighted by Crippen LogP contribution is -2.33. The highest BCUT2D eigenvalue weighted by atomic mass is 32.2. The van der Waals surface area contributed by atoms with Gasteiger partial charge in [0.1, 0.15) is 5.82 Å². The van der Waals surface area contributed by atoms with E-state index in [0.29, 0.717) is 0 Å². The number of aliphatic hydroxyl groups excluding tert-OH is 1. The largest absolute Gasteiger partial charge is 0.395 e. The minimum atomic E-state index is -0.196. The highest BCUT2D eigenvalue weighted by Gasteiger charge is 2.06. The Balaban J connectivity index is 2.26. The van der Waals surface area contributed by atoms with Crippen LogP contribution in [0.1, 0.15) is 19.8 Å². The molecule has 0 aliphatic carbocycles. The summed E-state index contributed by atoms with van der Waals surface area (Å²) in [6.07, 6.45) is 1.95. The summed E-state index contributed by atoms with van der Waals surface area (Å²) < 4.78 is 12.9. The minimum absolute atomic E-state index is 0.149. The first kappa shape index (κ1) is 14.5. The lowest BCUT2D eigenvalue weighted by Gasteiger charge is -2.15. The third kappa shape index (κ3) is 6.05. The number of benzene rings is 1. The maximum atomic E-state index is 12.9. The zero-order valence-corrected chi connectivity index (χ0v) is 11.0. The van der Waals surface area contributed by atoms with Crippen LogP contribution in [0.2, 0.25) is 0 Å². The van der Waals surface area contributed by atoms with Crippen LogP contribution < -0.4 is 5.32 Å².